The van der Waals surface area contributed by atoms with Gasteiger partial charge in [-0.15, -0.1) is 0 Å². The maximum atomic E-state index is 12.3. The Labute approximate surface area is 156 Å². The molecule has 1 saturated carbocycles. The topological polar surface area (TPSA) is 101 Å². The highest BCUT2D eigenvalue weighted by atomic mass is 16.6. The van der Waals surface area contributed by atoms with Crippen molar-refractivity contribution in [2.45, 2.75) is 38.1 Å². The SMILES string of the molecule is O=C(Nc1ccc(C(=O)NC2CCCCC2)cc1)c1ccc([N+](=O)[O-])cc1. The lowest BCUT2D eigenvalue weighted by atomic mass is 9.95. The number of nitro benzene ring substituents is 1. The van der Waals surface area contributed by atoms with Crippen LogP contribution in [0.25, 0.3) is 0 Å². The van der Waals surface area contributed by atoms with Crippen LogP contribution in [-0.4, -0.2) is 22.8 Å². The Bertz CT molecular complexity index is 825. The first kappa shape index (κ1) is 18.6. The first-order chi connectivity index (χ1) is 13.0. The number of nitrogens with one attached hydrogen (secondary N) is 2. The number of hydrogen-bond acceptors (Lipinski definition) is 4. The van der Waals surface area contributed by atoms with Crippen LogP contribution in [0.2, 0.25) is 0 Å². The molecule has 2 aromatic rings. The van der Waals surface area contributed by atoms with Crippen LogP contribution in [0.5, 0.6) is 0 Å². The minimum atomic E-state index is -0.515. The van der Waals surface area contributed by atoms with Crippen molar-refractivity contribution in [3.05, 3.63) is 69.8 Å². The molecule has 0 radical (unpaired) electrons. The fraction of sp³-hybridized carbons (Fsp3) is 0.300. The zero-order valence-corrected chi connectivity index (χ0v) is 14.8. The van der Waals surface area contributed by atoms with E-state index in [0.29, 0.717) is 16.8 Å². The van der Waals surface area contributed by atoms with Crippen LogP contribution >= 0.6 is 0 Å². The van der Waals surface area contributed by atoms with Crippen LogP contribution in [0.3, 0.4) is 0 Å². The zero-order chi connectivity index (χ0) is 19.2. The molecule has 0 atom stereocenters. The van der Waals surface area contributed by atoms with E-state index in [1.54, 1.807) is 24.3 Å². The summed E-state index contributed by atoms with van der Waals surface area (Å²) >= 11 is 0. The van der Waals surface area contributed by atoms with Crippen molar-refractivity contribution in [2.75, 3.05) is 5.32 Å². The number of nitro groups is 1. The summed E-state index contributed by atoms with van der Waals surface area (Å²) < 4.78 is 0. The molecule has 1 aliphatic carbocycles. The number of non-ortho nitro benzene ring substituents is 1. The summed E-state index contributed by atoms with van der Waals surface area (Å²) in [5.74, 6) is -0.473. The molecule has 7 nitrogen and oxygen atoms in total. The van der Waals surface area contributed by atoms with Crippen molar-refractivity contribution in [3.8, 4) is 0 Å². The van der Waals surface area contributed by atoms with Gasteiger partial charge >= 0.3 is 0 Å². The standard InChI is InChI=1S/C20H21N3O4/c24-19(21-16-4-2-1-3-5-16)14-6-10-17(11-7-14)22-20(25)15-8-12-18(13-9-15)23(26)27/h6-13,16H,1-5H2,(H,21,24)(H,22,25). The molecule has 7 heteroatoms. The molecule has 2 N–H and O–H groups in total. The molecule has 0 heterocycles. The second kappa shape index (κ2) is 8.44. The summed E-state index contributed by atoms with van der Waals surface area (Å²) in [5, 5.41) is 16.4. The number of rotatable bonds is 5. The molecule has 2 aromatic carbocycles. The van der Waals surface area contributed by atoms with E-state index in [2.05, 4.69) is 10.6 Å². The van der Waals surface area contributed by atoms with Gasteiger partial charge in [0.05, 0.1) is 4.92 Å². The molecule has 0 aromatic heterocycles. The van der Waals surface area contributed by atoms with Crippen molar-refractivity contribution >= 4 is 23.2 Å². The van der Waals surface area contributed by atoms with Crippen LogP contribution in [0.15, 0.2) is 48.5 Å². The van der Waals surface area contributed by atoms with E-state index in [1.165, 1.54) is 30.7 Å². The van der Waals surface area contributed by atoms with Gasteiger partial charge in [-0.1, -0.05) is 19.3 Å². The van der Waals surface area contributed by atoms with Gasteiger partial charge in [0.1, 0.15) is 0 Å². The Kier molecular flexibility index (Phi) is 5.80. The van der Waals surface area contributed by atoms with Gasteiger partial charge in [-0.2, -0.15) is 0 Å². The molecule has 0 saturated heterocycles. The number of carbonyl (C=O) groups excluding carboxylic acids is 2. The highest BCUT2D eigenvalue weighted by molar-refractivity contribution is 6.04. The lowest BCUT2D eigenvalue weighted by Crippen LogP contribution is -2.36. The largest absolute Gasteiger partial charge is 0.349 e. The highest BCUT2D eigenvalue weighted by Crippen LogP contribution is 2.19. The molecule has 3 rings (SSSR count). The smallest absolute Gasteiger partial charge is 0.269 e. The molecule has 0 bridgehead atoms. The third-order valence-corrected chi connectivity index (χ3v) is 4.69. The number of amides is 2. The quantitative estimate of drug-likeness (QED) is 0.618. The second-order valence-corrected chi connectivity index (χ2v) is 6.64. The van der Waals surface area contributed by atoms with Crippen LogP contribution < -0.4 is 10.6 Å². The van der Waals surface area contributed by atoms with Gasteiger partial charge in [0, 0.05) is 35.0 Å². The van der Waals surface area contributed by atoms with Crippen molar-refractivity contribution in [1.82, 2.24) is 5.32 Å². The van der Waals surface area contributed by atoms with E-state index in [1.807, 2.05) is 0 Å². The van der Waals surface area contributed by atoms with E-state index in [9.17, 15) is 19.7 Å². The van der Waals surface area contributed by atoms with Crippen molar-refractivity contribution < 1.29 is 14.5 Å². The van der Waals surface area contributed by atoms with Crippen molar-refractivity contribution in [1.29, 1.82) is 0 Å². The van der Waals surface area contributed by atoms with E-state index in [0.717, 1.165) is 25.7 Å². The highest BCUT2D eigenvalue weighted by Gasteiger charge is 2.16. The monoisotopic (exact) mass is 367 g/mol. The maximum Gasteiger partial charge on any atom is 0.269 e. The number of carbonyl (C=O) groups is 2. The molecule has 2 amide bonds. The first-order valence-corrected chi connectivity index (χ1v) is 8.99. The molecular weight excluding hydrogens is 346 g/mol. The molecule has 1 aliphatic rings. The summed E-state index contributed by atoms with van der Waals surface area (Å²) in [6, 6.07) is 12.3. The van der Waals surface area contributed by atoms with Gasteiger partial charge in [0.2, 0.25) is 0 Å². The predicted molar refractivity (Wildman–Crippen MR) is 102 cm³/mol. The summed E-state index contributed by atoms with van der Waals surface area (Å²) in [5.41, 5.74) is 1.35. The Balaban J connectivity index is 1.58. The average molecular weight is 367 g/mol. The van der Waals surface area contributed by atoms with E-state index in [4.69, 9.17) is 0 Å². The van der Waals surface area contributed by atoms with E-state index in [-0.39, 0.29) is 23.5 Å². The summed E-state index contributed by atoms with van der Waals surface area (Å²) in [7, 11) is 0. The zero-order valence-electron chi connectivity index (χ0n) is 14.8. The molecule has 1 fully saturated rings. The molecular formula is C20H21N3O4. The third kappa shape index (κ3) is 4.91. The maximum absolute atomic E-state index is 12.3. The Morgan fingerprint density at radius 3 is 2.00 bits per heavy atom. The van der Waals surface area contributed by atoms with Gasteiger partial charge in [0.15, 0.2) is 0 Å². The molecule has 0 unspecified atom stereocenters. The Morgan fingerprint density at radius 2 is 1.41 bits per heavy atom. The average Bonchev–Trinajstić information content (AvgIpc) is 2.69. The van der Waals surface area contributed by atoms with Crippen LogP contribution in [0.4, 0.5) is 11.4 Å². The number of hydrogen-bond donors (Lipinski definition) is 2. The summed E-state index contributed by atoms with van der Waals surface area (Å²) in [6.07, 6.45) is 5.58. The normalized spacial score (nSPS) is 14.4. The van der Waals surface area contributed by atoms with E-state index >= 15 is 0 Å². The molecule has 27 heavy (non-hydrogen) atoms. The summed E-state index contributed by atoms with van der Waals surface area (Å²) in [4.78, 5) is 34.7. The lowest BCUT2D eigenvalue weighted by Gasteiger charge is -2.22. The van der Waals surface area contributed by atoms with Gasteiger partial charge in [-0.3, -0.25) is 19.7 Å². The minimum absolute atomic E-state index is 0.0696. The first-order valence-electron chi connectivity index (χ1n) is 8.99. The second-order valence-electron chi connectivity index (χ2n) is 6.64. The fourth-order valence-electron chi connectivity index (χ4n) is 3.16. The number of benzene rings is 2. The van der Waals surface area contributed by atoms with Crippen LogP contribution in [0.1, 0.15) is 52.8 Å². The predicted octanol–water partition coefficient (Wildman–Crippen LogP) is 3.91. The minimum Gasteiger partial charge on any atom is -0.349 e. The fourth-order valence-corrected chi connectivity index (χ4v) is 3.16. The van der Waals surface area contributed by atoms with Gasteiger partial charge in [0.25, 0.3) is 17.5 Å². The van der Waals surface area contributed by atoms with Crippen LogP contribution in [0, 0.1) is 10.1 Å². The third-order valence-electron chi connectivity index (χ3n) is 4.69. The molecule has 0 spiro atoms. The van der Waals surface area contributed by atoms with Crippen LogP contribution in [-0.2, 0) is 0 Å². The van der Waals surface area contributed by atoms with Crippen molar-refractivity contribution in [3.63, 3.8) is 0 Å². The molecule has 140 valence electrons. The Morgan fingerprint density at radius 1 is 0.852 bits per heavy atom. The van der Waals surface area contributed by atoms with Crippen molar-refractivity contribution in [2.24, 2.45) is 0 Å². The number of anilines is 1. The van der Waals surface area contributed by atoms with Gasteiger partial charge < -0.3 is 10.6 Å². The van der Waals surface area contributed by atoms with Gasteiger partial charge in [-0.25, -0.2) is 0 Å². The Hall–Kier alpha value is -3.22. The lowest BCUT2D eigenvalue weighted by molar-refractivity contribution is -0.384. The summed E-state index contributed by atoms with van der Waals surface area (Å²) in [6.45, 7) is 0. The molecule has 0 aliphatic heterocycles. The van der Waals surface area contributed by atoms with Gasteiger partial charge in [-0.05, 0) is 49.2 Å². The number of nitrogens with zero attached hydrogens (tertiary/aromatic N) is 1. The van der Waals surface area contributed by atoms with E-state index < -0.39 is 4.92 Å².